The predicted molar refractivity (Wildman–Crippen MR) is 101 cm³/mol. The van der Waals surface area contributed by atoms with Crippen LogP contribution in [0.25, 0.3) is 0 Å². The Morgan fingerprint density at radius 1 is 1.36 bits per heavy atom. The van der Waals surface area contributed by atoms with E-state index in [0.29, 0.717) is 31.3 Å². The fourth-order valence-corrected chi connectivity index (χ4v) is 4.99. The number of fused-ring (bicyclic) bond motifs is 1. The van der Waals surface area contributed by atoms with Gasteiger partial charge in [-0.25, -0.2) is 4.68 Å². The highest BCUT2D eigenvalue weighted by Gasteiger charge is 2.66. The SMILES string of the molecule is CCC(C)n1cc(C2CCC(C(=O)NCC34CC(C(=O)O)(CO3)C4)CC2)nn1. The lowest BCUT2D eigenvalue weighted by Gasteiger charge is -2.42. The van der Waals surface area contributed by atoms with E-state index in [1.165, 1.54) is 0 Å². The maximum atomic E-state index is 12.6. The summed E-state index contributed by atoms with van der Waals surface area (Å²) in [5.41, 5.74) is -0.133. The number of aromatic nitrogens is 3. The monoisotopic (exact) mass is 390 g/mol. The number of carbonyl (C=O) groups excluding carboxylic acids is 1. The van der Waals surface area contributed by atoms with Gasteiger partial charge in [-0.2, -0.15) is 0 Å². The van der Waals surface area contributed by atoms with Crippen LogP contribution in [0.2, 0.25) is 0 Å². The van der Waals surface area contributed by atoms with Crippen LogP contribution in [0.15, 0.2) is 6.20 Å². The minimum atomic E-state index is -0.782. The van der Waals surface area contributed by atoms with Gasteiger partial charge in [0.2, 0.25) is 5.91 Å². The van der Waals surface area contributed by atoms with Crippen LogP contribution in [-0.2, 0) is 14.3 Å². The highest BCUT2D eigenvalue weighted by atomic mass is 16.5. The Kier molecular flexibility index (Phi) is 4.93. The van der Waals surface area contributed by atoms with Crippen LogP contribution in [0.4, 0.5) is 0 Å². The molecule has 2 saturated heterocycles. The zero-order valence-electron chi connectivity index (χ0n) is 16.7. The third-order valence-corrected chi connectivity index (χ3v) is 7.10. The van der Waals surface area contributed by atoms with Gasteiger partial charge < -0.3 is 15.2 Å². The fraction of sp³-hybridized carbons (Fsp3) is 0.800. The Bertz CT molecular complexity index is 747. The van der Waals surface area contributed by atoms with Crippen molar-refractivity contribution in [1.82, 2.24) is 20.3 Å². The van der Waals surface area contributed by atoms with Crippen molar-refractivity contribution in [2.45, 2.75) is 76.4 Å². The molecule has 1 aromatic rings. The molecule has 0 spiro atoms. The molecule has 2 aliphatic carbocycles. The van der Waals surface area contributed by atoms with E-state index in [1.807, 2.05) is 4.68 Å². The quantitative estimate of drug-likeness (QED) is 0.740. The number of carbonyl (C=O) groups is 2. The second kappa shape index (κ2) is 7.13. The number of hydrogen-bond donors (Lipinski definition) is 2. The molecule has 5 rings (SSSR count). The lowest BCUT2D eigenvalue weighted by molar-refractivity contribution is -0.153. The van der Waals surface area contributed by atoms with E-state index in [1.54, 1.807) is 0 Å². The third-order valence-electron chi connectivity index (χ3n) is 7.10. The molecule has 1 atom stereocenters. The first-order chi connectivity index (χ1) is 13.4. The molecule has 154 valence electrons. The number of nitrogens with one attached hydrogen (secondary N) is 1. The number of carboxylic acid groups (broad SMARTS) is 1. The van der Waals surface area contributed by atoms with E-state index < -0.39 is 17.0 Å². The lowest BCUT2D eigenvalue weighted by atomic mass is 9.62. The van der Waals surface area contributed by atoms with Crippen LogP contribution in [0.5, 0.6) is 0 Å². The van der Waals surface area contributed by atoms with Crippen molar-refractivity contribution >= 4 is 11.9 Å². The normalized spacial score (nSPS) is 35.2. The molecule has 2 bridgehead atoms. The molecule has 2 N–H and O–H groups in total. The largest absolute Gasteiger partial charge is 0.481 e. The third kappa shape index (κ3) is 3.32. The van der Waals surface area contributed by atoms with Gasteiger partial charge in [0, 0.05) is 24.6 Å². The minimum absolute atomic E-state index is 0.0166. The molecule has 4 aliphatic rings. The highest BCUT2D eigenvalue weighted by Crippen LogP contribution is 2.57. The molecule has 0 aromatic carbocycles. The van der Waals surface area contributed by atoms with Crippen molar-refractivity contribution < 1.29 is 19.4 Å². The van der Waals surface area contributed by atoms with Crippen molar-refractivity contribution in [3.63, 3.8) is 0 Å². The first-order valence-electron chi connectivity index (χ1n) is 10.4. The van der Waals surface area contributed by atoms with Crippen LogP contribution < -0.4 is 5.32 Å². The van der Waals surface area contributed by atoms with Gasteiger partial charge in [0.25, 0.3) is 0 Å². The fourth-order valence-electron chi connectivity index (χ4n) is 4.99. The standard InChI is InChI=1S/C20H30N4O4/c1-3-13(2)24-8-16(22-23-24)14-4-6-15(7-5-14)17(25)21-11-20-9-19(10-20,12-28-20)18(26)27/h8,13-15H,3-7,9-12H2,1-2H3,(H,21,25)(H,26,27). The molecule has 8 nitrogen and oxygen atoms in total. The average Bonchev–Trinajstić information content (AvgIpc) is 3.39. The summed E-state index contributed by atoms with van der Waals surface area (Å²) in [6.45, 7) is 4.96. The maximum Gasteiger partial charge on any atom is 0.312 e. The summed E-state index contributed by atoms with van der Waals surface area (Å²) in [6.07, 6.45) is 7.68. The number of aliphatic carboxylic acids is 1. The van der Waals surface area contributed by atoms with Gasteiger partial charge in [-0.3, -0.25) is 9.59 Å². The van der Waals surface area contributed by atoms with Gasteiger partial charge in [0.15, 0.2) is 0 Å². The smallest absolute Gasteiger partial charge is 0.312 e. The number of ether oxygens (including phenoxy) is 1. The molecule has 1 unspecified atom stereocenters. The van der Waals surface area contributed by atoms with Crippen LogP contribution >= 0.6 is 0 Å². The predicted octanol–water partition coefficient (Wildman–Crippen LogP) is 2.27. The summed E-state index contributed by atoms with van der Waals surface area (Å²) in [4.78, 5) is 23.9. The van der Waals surface area contributed by atoms with E-state index in [9.17, 15) is 14.7 Å². The maximum absolute atomic E-state index is 12.6. The number of nitrogens with zero attached hydrogens (tertiary/aromatic N) is 3. The van der Waals surface area contributed by atoms with E-state index in [0.717, 1.165) is 37.8 Å². The van der Waals surface area contributed by atoms with Crippen LogP contribution in [0.1, 0.15) is 76.4 Å². The molecule has 1 aromatic heterocycles. The summed E-state index contributed by atoms with van der Waals surface area (Å²) in [6, 6.07) is 0.354. The van der Waals surface area contributed by atoms with E-state index in [4.69, 9.17) is 4.74 Å². The molecular weight excluding hydrogens is 360 g/mol. The Morgan fingerprint density at radius 2 is 2.07 bits per heavy atom. The zero-order chi connectivity index (χ0) is 19.9. The van der Waals surface area contributed by atoms with Crippen molar-refractivity contribution in [1.29, 1.82) is 0 Å². The van der Waals surface area contributed by atoms with Gasteiger partial charge in [0.1, 0.15) is 0 Å². The number of hydrogen-bond acceptors (Lipinski definition) is 5. The summed E-state index contributed by atoms with van der Waals surface area (Å²) < 4.78 is 7.64. The summed E-state index contributed by atoms with van der Waals surface area (Å²) in [7, 11) is 0. The van der Waals surface area contributed by atoms with Crippen molar-refractivity contribution in [3.05, 3.63) is 11.9 Å². The van der Waals surface area contributed by atoms with E-state index in [2.05, 4.69) is 35.7 Å². The summed E-state index contributed by atoms with van der Waals surface area (Å²) in [5, 5.41) is 20.9. The second-order valence-corrected chi connectivity index (χ2v) is 9.06. The molecule has 4 fully saturated rings. The Balaban J connectivity index is 1.24. The number of rotatable bonds is 7. The van der Waals surface area contributed by atoms with E-state index >= 15 is 0 Å². The summed E-state index contributed by atoms with van der Waals surface area (Å²) in [5.74, 6) is -0.320. The Hall–Kier alpha value is -1.96. The average molecular weight is 390 g/mol. The molecule has 28 heavy (non-hydrogen) atoms. The molecular formula is C20H30N4O4. The molecule has 0 radical (unpaired) electrons. The molecule has 8 heteroatoms. The molecule has 2 saturated carbocycles. The first-order valence-corrected chi connectivity index (χ1v) is 10.4. The molecule has 2 aliphatic heterocycles. The van der Waals surface area contributed by atoms with Crippen LogP contribution in [-0.4, -0.2) is 50.7 Å². The lowest BCUT2D eigenvalue weighted by Crippen LogP contribution is -2.54. The first kappa shape index (κ1) is 19.4. The zero-order valence-corrected chi connectivity index (χ0v) is 16.7. The number of carboxylic acids is 1. The van der Waals surface area contributed by atoms with Crippen molar-refractivity contribution in [2.24, 2.45) is 11.3 Å². The second-order valence-electron chi connectivity index (χ2n) is 9.06. The van der Waals surface area contributed by atoms with Gasteiger partial charge in [-0.1, -0.05) is 12.1 Å². The Morgan fingerprint density at radius 3 is 2.68 bits per heavy atom. The van der Waals surface area contributed by atoms with Gasteiger partial charge in [0.05, 0.1) is 29.4 Å². The minimum Gasteiger partial charge on any atom is -0.481 e. The molecule has 1 amide bonds. The topological polar surface area (TPSA) is 106 Å². The van der Waals surface area contributed by atoms with Crippen LogP contribution in [0, 0.1) is 11.3 Å². The Labute approximate surface area is 165 Å². The van der Waals surface area contributed by atoms with E-state index in [-0.39, 0.29) is 18.4 Å². The summed E-state index contributed by atoms with van der Waals surface area (Å²) >= 11 is 0. The van der Waals surface area contributed by atoms with Gasteiger partial charge in [-0.05, 0) is 51.9 Å². The van der Waals surface area contributed by atoms with Crippen molar-refractivity contribution in [2.75, 3.05) is 13.2 Å². The number of amides is 1. The van der Waals surface area contributed by atoms with Gasteiger partial charge >= 0.3 is 5.97 Å². The molecule has 3 heterocycles. The highest BCUT2D eigenvalue weighted by molar-refractivity contribution is 5.80. The van der Waals surface area contributed by atoms with Crippen LogP contribution in [0.3, 0.4) is 0 Å². The van der Waals surface area contributed by atoms with Crippen molar-refractivity contribution in [3.8, 4) is 0 Å². The van der Waals surface area contributed by atoms with Gasteiger partial charge in [-0.15, -0.1) is 5.10 Å².